The summed E-state index contributed by atoms with van der Waals surface area (Å²) in [5.74, 6) is 0.978. The maximum atomic E-state index is 5.62. The predicted octanol–water partition coefficient (Wildman–Crippen LogP) is 1.55. The monoisotopic (exact) mass is 246 g/mol. The van der Waals surface area contributed by atoms with Crippen molar-refractivity contribution in [3.8, 4) is 0 Å². The summed E-state index contributed by atoms with van der Waals surface area (Å²) in [6.45, 7) is 2.00. The molecule has 0 atom stereocenters. The van der Waals surface area contributed by atoms with E-state index in [9.17, 15) is 0 Å². The average Bonchev–Trinajstić information content (AvgIpc) is 2.34. The lowest BCUT2D eigenvalue weighted by Crippen LogP contribution is -2.18. The minimum Gasteiger partial charge on any atom is -0.394 e. The summed E-state index contributed by atoms with van der Waals surface area (Å²) in [6, 6.07) is 0. The lowest BCUT2D eigenvalue weighted by Gasteiger charge is -2.15. The van der Waals surface area contributed by atoms with E-state index in [1.807, 2.05) is 4.68 Å². The van der Waals surface area contributed by atoms with E-state index in [1.165, 1.54) is 0 Å². The third kappa shape index (κ3) is 2.83. The molecule has 2 rings (SSSR count). The first kappa shape index (κ1) is 15.2. The van der Waals surface area contributed by atoms with Crippen molar-refractivity contribution in [1.29, 1.82) is 0 Å². The van der Waals surface area contributed by atoms with Crippen LogP contribution in [0, 0.1) is 0 Å². The van der Waals surface area contributed by atoms with Gasteiger partial charge in [0.05, 0.1) is 11.9 Å². The van der Waals surface area contributed by atoms with Gasteiger partial charge in [0, 0.05) is 13.1 Å². The van der Waals surface area contributed by atoms with Gasteiger partial charge in [-0.25, -0.2) is 4.68 Å². The third-order valence-electron chi connectivity index (χ3n) is 1.71. The normalized spacial score (nSPS) is 12.3. The van der Waals surface area contributed by atoms with Crippen molar-refractivity contribution < 1.29 is 0 Å². The average molecular weight is 248 g/mol. The number of hydrogen-bond acceptors (Lipinski definition) is 3. The molecule has 2 heterocycles. The first-order valence-electron chi connectivity index (χ1n) is 3.43. The number of aryl methyl sites for hydroxylation is 1. The number of aromatic nitrogens is 2. The highest BCUT2D eigenvalue weighted by Gasteiger charge is 2.10. The highest BCUT2D eigenvalue weighted by atomic mass is 35.5. The molecule has 1 aromatic heterocycles. The number of anilines is 2. The second-order valence-electron chi connectivity index (χ2n) is 2.45. The molecule has 78 valence electrons. The van der Waals surface area contributed by atoms with Gasteiger partial charge in [-0.05, 0) is 6.42 Å². The number of rotatable bonds is 0. The summed E-state index contributed by atoms with van der Waals surface area (Å²) in [5.41, 5.74) is 6.37. The van der Waals surface area contributed by atoms with Gasteiger partial charge in [0.2, 0.25) is 0 Å². The Morgan fingerprint density at radius 3 is 2.69 bits per heavy atom. The fourth-order valence-electron chi connectivity index (χ4n) is 1.20. The maximum Gasteiger partial charge on any atom is 0.147 e. The summed E-state index contributed by atoms with van der Waals surface area (Å²) in [7, 11) is 0. The molecule has 1 aliphatic heterocycles. The molecule has 1 aliphatic rings. The third-order valence-corrected chi connectivity index (χ3v) is 1.71. The standard InChI is InChI=1S/C6H10N4.3ClH/c7-5-4-9-10-3-1-2-8-6(5)10;;;/h4,8H,1-3,7H2;3*1H. The van der Waals surface area contributed by atoms with Crippen molar-refractivity contribution in [3.63, 3.8) is 0 Å². The maximum absolute atomic E-state index is 5.62. The zero-order valence-corrected chi connectivity index (χ0v) is 9.34. The van der Waals surface area contributed by atoms with Crippen LogP contribution in [-0.2, 0) is 6.54 Å². The molecule has 7 heteroatoms. The van der Waals surface area contributed by atoms with E-state index in [4.69, 9.17) is 5.73 Å². The zero-order valence-electron chi connectivity index (χ0n) is 6.90. The SMILES string of the molecule is Cl.Cl.Cl.Nc1cnn2c1NCCC2. The van der Waals surface area contributed by atoms with Crippen LogP contribution in [0.4, 0.5) is 11.5 Å². The number of nitrogens with two attached hydrogens (primary N) is 1. The van der Waals surface area contributed by atoms with Crippen molar-refractivity contribution in [2.45, 2.75) is 13.0 Å². The van der Waals surface area contributed by atoms with E-state index in [0.717, 1.165) is 31.0 Å². The Kier molecular flexibility index (Phi) is 7.21. The van der Waals surface area contributed by atoms with E-state index >= 15 is 0 Å². The molecular formula is C6H13Cl3N4. The fraction of sp³-hybridized carbons (Fsp3) is 0.500. The summed E-state index contributed by atoms with van der Waals surface area (Å²) >= 11 is 0. The Morgan fingerprint density at radius 2 is 2.08 bits per heavy atom. The van der Waals surface area contributed by atoms with Crippen LogP contribution in [0.1, 0.15) is 6.42 Å². The highest BCUT2D eigenvalue weighted by Crippen LogP contribution is 2.20. The Hall–Kier alpha value is -0.320. The van der Waals surface area contributed by atoms with Gasteiger partial charge in [-0.2, -0.15) is 5.10 Å². The van der Waals surface area contributed by atoms with Crippen LogP contribution in [0.2, 0.25) is 0 Å². The fourth-order valence-corrected chi connectivity index (χ4v) is 1.20. The van der Waals surface area contributed by atoms with Crippen LogP contribution in [-0.4, -0.2) is 16.3 Å². The minimum absolute atomic E-state index is 0. The van der Waals surface area contributed by atoms with Crippen LogP contribution in [0.15, 0.2) is 6.20 Å². The minimum atomic E-state index is 0. The molecule has 0 aliphatic carbocycles. The molecule has 3 N–H and O–H groups in total. The molecule has 0 unspecified atom stereocenters. The van der Waals surface area contributed by atoms with E-state index in [2.05, 4.69) is 10.4 Å². The molecule has 0 aromatic carbocycles. The zero-order chi connectivity index (χ0) is 6.97. The predicted molar refractivity (Wildman–Crippen MR) is 61.5 cm³/mol. The van der Waals surface area contributed by atoms with Crippen LogP contribution in [0.25, 0.3) is 0 Å². The first-order valence-corrected chi connectivity index (χ1v) is 3.43. The molecule has 0 spiro atoms. The van der Waals surface area contributed by atoms with Gasteiger partial charge in [-0.3, -0.25) is 0 Å². The number of fused-ring (bicyclic) bond motifs is 1. The lowest BCUT2D eigenvalue weighted by atomic mass is 10.3. The summed E-state index contributed by atoms with van der Waals surface area (Å²) in [6.07, 6.45) is 2.82. The molecule has 0 amide bonds. The van der Waals surface area contributed by atoms with E-state index in [0.29, 0.717) is 0 Å². The van der Waals surface area contributed by atoms with Crippen molar-refractivity contribution in [2.75, 3.05) is 17.6 Å². The second kappa shape index (κ2) is 6.18. The molecule has 4 nitrogen and oxygen atoms in total. The van der Waals surface area contributed by atoms with E-state index in [-0.39, 0.29) is 37.2 Å². The number of nitrogen functional groups attached to an aromatic ring is 1. The number of halogens is 3. The van der Waals surface area contributed by atoms with E-state index in [1.54, 1.807) is 6.20 Å². The van der Waals surface area contributed by atoms with Gasteiger partial charge in [0.1, 0.15) is 5.82 Å². The molecule has 0 saturated heterocycles. The summed E-state index contributed by atoms with van der Waals surface area (Å²) in [4.78, 5) is 0. The van der Waals surface area contributed by atoms with Gasteiger partial charge in [0.25, 0.3) is 0 Å². The Balaban J connectivity index is 0. The Bertz CT molecular complexity index is 250. The van der Waals surface area contributed by atoms with Crippen LogP contribution in [0.5, 0.6) is 0 Å². The first-order chi connectivity index (χ1) is 4.88. The Labute approximate surface area is 95.5 Å². The molecule has 13 heavy (non-hydrogen) atoms. The van der Waals surface area contributed by atoms with Crippen LogP contribution >= 0.6 is 37.2 Å². The smallest absolute Gasteiger partial charge is 0.147 e. The van der Waals surface area contributed by atoms with Crippen molar-refractivity contribution in [1.82, 2.24) is 9.78 Å². The largest absolute Gasteiger partial charge is 0.394 e. The number of nitrogens with zero attached hydrogens (tertiary/aromatic N) is 2. The molecule has 0 saturated carbocycles. The quantitative estimate of drug-likeness (QED) is 0.731. The van der Waals surface area contributed by atoms with Crippen LogP contribution < -0.4 is 11.1 Å². The summed E-state index contributed by atoms with van der Waals surface area (Å²) < 4.78 is 1.90. The van der Waals surface area contributed by atoms with Gasteiger partial charge in [-0.15, -0.1) is 37.2 Å². The van der Waals surface area contributed by atoms with Gasteiger partial charge in [0.15, 0.2) is 0 Å². The van der Waals surface area contributed by atoms with Gasteiger partial charge >= 0.3 is 0 Å². The molecule has 1 aromatic rings. The number of nitrogens with one attached hydrogen (secondary N) is 1. The second-order valence-corrected chi connectivity index (χ2v) is 2.45. The van der Waals surface area contributed by atoms with Crippen molar-refractivity contribution in [2.24, 2.45) is 0 Å². The topological polar surface area (TPSA) is 55.9 Å². The van der Waals surface area contributed by atoms with Crippen LogP contribution in [0.3, 0.4) is 0 Å². The lowest BCUT2D eigenvalue weighted by molar-refractivity contribution is 0.568. The molecular weight excluding hydrogens is 234 g/mol. The molecule has 0 bridgehead atoms. The van der Waals surface area contributed by atoms with Gasteiger partial charge < -0.3 is 11.1 Å². The molecule has 0 radical (unpaired) electrons. The van der Waals surface area contributed by atoms with Crippen molar-refractivity contribution >= 4 is 48.7 Å². The van der Waals surface area contributed by atoms with Gasteiger partial charge in [-0.1, -0.05) is 0 Å². The Morgan fingerprint density at radius 1 is 1.38 bits per heavy atom. The number of hydrogen-bond donors (Lipinski definition) is 2. The van der Waals surface area contributed by atoms with E-state index < -0.39 is 0 Å². The highest BCUT2D eigenvalue weighted by molar-refractivity contribution is 5.86. The van der Waals surface area contributed by atoms with Crippen molar-refractivity contribution in [3.05, 3.63) is 6.20 Å². The summed E-state index contributed by atoms with van der Waals surface area (Å²) in [5, 5.41) is 7.27. The molecule has 0 fully saturated rings.